The number of nitrogens with one attached hydrogen (secondary N) is 1. The smallest absolute Gasteiger partial charge is 0.294 e. The highest BCUT2D eigenvalue weighted by Crippen LogP contribution is 2.38. The summed E-state index contributed by atoms with van der Waals surface area (Å²) in [5.41, 5.74) is 1.96. The zero-order chi connectivity index (χ0) is 26.8. The molecule has 0 aromatic heterocycles. The molecule has 38 heavy (non-hydrogen) atoms. The maximum Gasteiger partial charge on any atom is 0.294 e. The molecule has 2 heterocycles. The van der Waals surface area contributed by atoms with Crippen LogP contribution in [0.15, 0.2) is 68.4 Å². The molecule has 1 saturated heterocycles. The highest BCUT2D eigenvalue weighted by atomic mass is 79.9. The van der Waals surface area contributed by atoms with E-state index >= 15 is 0 Å². The van der Waals surface area contributed by atoms with Crippen molar-refractivity contribution in [3.05, 3.63) is 84.6 Å². The largest absolute Gasteiger partial charge is 0.486 e. The van der Waals surface area contributed by atoms with Crippen molar-refractivity contribution >= 4 is 84.0 Å². The van der Waals surface area contributed by atoms with Crippen molar-refractivity contribution in [1.82, 2.24) is 4.90 Å². The quantitative estimate of drug-likeness (QED) is 0.273. The Hall–Kier alpha value is -2.99. The number of fused-ring (bicyclic) bond motifs is 1. The van der Waals surface area contributed by atoms with Crippen LogP contribution in [-0.4, -0.2) is 35.3 Å². The Balaban J connectivity index is 1.25. The Morgan fingerprint density at radius 2 is 1.82 bits per heavy atom. The lowest BCUT2D eigenvalue weighted by Crippen LogP contribution is -2.36. The molecule has 0 unspecified atom stereocenters. The van der Waals surface area contributed by atoms with E-state index in [1.165, 1.54) is 0 Å². The maximum atomic E-state index is 12.9. The van der Waals surface area contributed by atoms with Gasteiger partial charge in [0.1, 0.15) is 18.9 Å². The molecule has 1 N–H and O–H groups in total. The topological polar surface area (TPSA) is 94.2 Å². The average molecular weight is 681 g/mol. The average Bonchev–Trinajstić information content (AvgIpc) is 3.44. The predicted octanol–water partition coefficient (Wildman–Crippen LogP) is 6.85. The van der Waals surface area contributed by atoms with E-state index in [0.29, 0.717) is 42.5 Å². The van der Waals surface area contributed by atoms with Gasteiger partial charge in [0.15, 0.2) is 11.5 Å². The Morgan fingerprint density at radius 3 is 2.58 bits per heavy atom. The summed E-state index contributed by atoms with van der Waals surface area (Å²) in [6.45, 7) is -0.0383. The second kappa shape index (κ2) is 11.4. The van der Waals surface area contributed by atoms with Crippen molar-refractivity contribution in [2.24, 2.45) is 0 Å². The lowest BCUT2D eigenvalue weighted by Gasteiger charge is -2.13. The van der Waals surface area contributed by atoms with Crippen LogP contribution in [0.1, 0.15) is 11.1 Å². The number of carbonyl (C=O) groups is 3. The van der Waals surface area contributed by atoms with E-state index in [1.54, 1.807) is 42.5 Å². The number of carbonyl (C=O) groups excluding carboxylic acids is 3. The predicted molar refractivity (Wildman–Crippen MR) is 151 cm³/mol. The molecule has 0 atom stereocenters. The van der Waals surface area contributed by atoms with Gasteiger partial charge in [0, 0.05) is 22.3 Å². The Morgan fingerprint density at radius 1 is 1.08 bits per heavy atom. The summed E-state index contributed by atoms with van der Waals surface area (Å²) in [4.78, 5) is 39.1. The van der Waals surface area contributed by atoms with Crippen LogP contribution < -0.4 is 19.5 Å². The minimum absolute atomic E-state index is 0.112. The second-order valence-electron chi connectivity index (χ2n) is 8.08. The maximum absolute atomic E-state index is 12.9. The molecule has 0 aliphatic carbocycles. The highest BCUT2D eigenvalue weighted by molar-refractivity contribution is 9.11. The number of imide groups is 1. The first-order valence-electron chi connectivity index (χ1n) is 11.1. The standard InChI is InChI=1S/C26H17Br2ClN2O6S/c27-17-7-14(8-18(28)24(17)35-12-15-3-1-2-4-19(15)29)9-22-25(33)31(26(34)38-22)11-23(32)30-16-5-6-20-21(10-16)37-13-36-20/h1-10H,11-13H2,(H,30,32)/b22-9+. The molecule has 8 nitrogen and oxygen atoms in total. The molecule has 0 saturated carbocycles. The van der Waals surface area contributed by atoms with Gasteiger partial charge in [-0.15, -0.1) is 0 Å². The van der Waals surface area contributed by atoms with Crippen LogP contribution in [-0.2, 0) is 16.2 Å². The highest BCUT2D eigenvalue weighted by Gasteiger charge is 2.36. The molecular weight excluding hydrogens is 664 g/mol. The van der Waals surface area contributed by atoms with Crippen LogP contribution in [0.4, 0.5) is 10.5 Å². The molecule has 194 valence electrons. The van der Waals surface area contributed by atoms with E-state index in [1.807, 2.05) is 18.2 Å². The summed E-state index contributed by atoms with van der Waals surface area (Å²) in [5, 5.41) is 2.75. The van der Waals surface area contributed by atoms with Crippen molar-refractivity contribution in [2.75, 3.05) is 18.7 Å². The number of halogens is 3. The van der Waals surface area contributed by atoms with Crippen LogP contribution >= 0.6 is 55.2 Å². The van der Waals surface area contributed by atoms with Crippen LogP contribution in [0.25, 0.3) is 6.08 Å². The van der Waals surface area contributed by atoms with Crippen LogP contribution in [0.2, 0.25) is 5.02 Å². The summed E-state index contributed by atoms with van der Waals surface area (Å²) >= 11 is 14.0. The number of hydrogen-bond donors (Lipinski definition) is 1. The number of anilines is 1. The van der Waals surface area contributed by atoms with Gasteiger partial charge in [0.2, 0.25) is 12.7 Å². The molecule has 3 aromatic carbocycles. The third kappa shape index (κ3) is 5.85. The van der Waals surface area contributed by atoms with E-state index in [4.69, 9.17) is 25.8 Å². The lowest BCUT2D eigenvalue weighted by molar-refractivity contribution is -0.127. The van der Waals surface area contributed by atoms with Crippen molar-refractivity contribution in [1.29, 1.82) is 0 Å². The number of rotatable bonds is 7. The molecule has 2 aliphatic rings. The molecule has 5 rings (SSSR count). The Bertz CT molecular complexity index is 1480. The fourth-order valence-electron chi connectivity index (χ4n) is 3.67. The van der Waals surface area contributed by atoms with Crippen molar-refractivity contribution in [3.63, 3.8) is 0 Å². The minimum Gasteiger partial charge on any atom is -0.486 e. The number of nitrogens with zero attached hydrogens (tertiary/aromatic N) is 1. The molecule has 0 spiro atoms. The van der Waals surface area contributed by atoms with E-state index in [2.05, 4.69) is 37.2 Å². The van der Waals surface area contributed by atoms with Crippen LogP contribution in [0.5, 0.6) is 17.2 Å². The summed E-state index contributed by atoms with van der Waals surface area (Å²) < 4.78 is 17.8. The zero-order valence-corrected chi connectivity index (χ0v) is 24.1. The second-order valence-corrected chi connectivity index (χ2v) is 11.2. The number of amides is 3. The van der Waals surface area contributed by atoms with Crippen LogP contribution in [0, 0.1) is 0 Å². The van der Waals surface area contributed by atoms with Gasteiger partial charge < -0.3 is 19.5 Å². The van der Waals surface area contributed by atoms with E-state index in [0.717, 1.165) is 22.2 Å². The van der Waals surface area contributed by atoms with Gasteiger partial charge in [-0.25, -0.2) is 0 Å². The number of hydrogen-bond acceptors (Lipinski definition) is 7. The van der Waals surface area contributed by atoms with Crippen LogP contribution in [0.3, 0.4) is 0 Å². The van der Waals surface area contributed by atoms with E-state index in [-0.39, 0.29) is 18.3 Å². The van der Waals surface area contributed by atoms with Gasteiger partial charge in [-0.1, -0.05) is 29.8 Å². The first kappa shape index (κ1) is 26.6. The van der Waals surface area contributed by atoms with Gasteiger partial charge in [-0.2, -0.15) is 0 Å². The SMILES string of the molecule is O=C(CN1C(=O)S/C(=C/c2cc(Br)c(OCc3ccccc3Cl)c(Br)c2)C1=O)Nc1ccc2c(c1)OCO2. The van der Waals surface area contributed by atoms with Gasteiger partial charge in [0.05, 0.1) is 13.9 Å². The fourth-order valence-corrected chi connectivity index (χ4v) is 6.15. The summed E-state index contributed by atoms with van der Waals surface area (Å²) in [6.07, 6.45) is 1.59. The number of ether oxygens (including phenoxy) is 3. The fraction of sp³-hybridized carbons (Fsp3) is 0.115. The Kier molecular flexibility index (Phi) is 7.98. The summed E-state index contributed by atoms with van der Waals surface area (Å²) in [6, 6.07) is 15.9. The van der Waals surface area contributed by atoms with Crippen molar-refractivity contribution < 1.29 is 28.6 Å². The minimum atomic E-state index is -0.549. The molecule has 1 fully saturated rings. The van der Waals surface area contributed by atoms with Crippen molar-refractivity contribution in [3.8, 4) is 17.2 Å². The van der Waals surface area contributed by atoms with Gasteiger partial charge in [-0.05, 0) is 85.6 Å². The summed E-state index contributed by atoms with van der Waals surface area (Å²) in [7, 11) is 0. The number of thioether (sulfide) groups is 1. The van der Waals surface area contributed by atoms with E-state index in [9.17, 15) is 14.4 Å². The molecule has 3 amide bonds. The van der Waals surface area contributed by atoms with Crippen molar-refractivity contribution in [2.45, 2.75) is 6.61 Å². The molecular formula is C26H17Br2ClN2O6S. The monoisotopic (exact) mass is 678 g/mol. The first-order valence-corrected chi connectivity index (χ1v) is 13.9. The molecule has 0 radical (unpaired) electrons. The third-order valence-electron chi connectivity index (χ3n) is 5.48. The van der Waals surface area contributed by atoms with Gasteiger partial charge in [-0.3, -0.25) is 19.3 Å². The number of benzene rings is 3. The van der Waals surface area contributed by atoms with E-state index < -0.39 is 23.6 Å². The van der Waals surface area contributed by atoms with Gasteiger partial charge >= 0.3 is 0 Å². The molecule has 0 bridgehead atoms. The zero-order valence-electron chi connectivity index (χ0n) is 19.3. The molecule has 2 aliphatic heterocycles. The lowest BCUT2D eigenvalue weighted by atomic mass is 10.2. The first-order chi connectivity index (χ1) is 18.3. The normalized spacial score (nSPS) is 15.3. The molecule has 12 heteroatoms. The Labute approximate surface area is 243 Å². The molecule has 3 aromatic rings. The van der Waals surface area contributed by atoms with Gasteiger partial charge in [0.25, 0.3) is 11.1 Å². The summed E-state index contributed by atoms with van der Waals surface area (Å²) in [5.74, 6) is 0.590. The third-order valence-corrected chi connectivity index (χ3v) is 7.93.